The second kappa shape index (κ2) is 11.3. The van der Waals surface area contributed by atoms with E-state index in [-0.39, 0.29) is 24.0 Å². The SMILES string of the molecule is CN=C(NCCc1nc(C(F)(F)F)cs1)NCc1cccc(-c2ccccn2)c1.I. The van der Waals surface area contributed by atoms with Gasteiger partial charge in [0.15, 0.2) is 11.7 Å². The van der Waals surface area contributed by atoms with Gasteiger partial charge in [0.1, 0.15) is 0 Å². The minimum Gasteiger partial charge on any atom is -0.356 e. The van der Waals surface area contributed by atoms with Gasteiger partial charge >= 0.3 is 6.18 Å². The second-order valence-electron chi connectivity index (χ2n) is 6.14. The minimum atomic E-state index is -4.40. The van der Waals surface area contributed by atoms with Crippen LogP contribution < -0.4 is 10.6 Å². The van der Waals surface area contributed by atoms with Gasteiger partial charge < -0.3 is 10.6 Å². The monoisotopic (exact) mass is 547 g/mol. The summed E-state index contributed by atoms with van der Waals surface area (Å²) in [5.41, 5.74) is 2.15. The van der Waals surface area contributed by atoms with Gasteiger partial charge in [-0.25, -0.2) is 4.98 Å². The van der Waals surface area contributed by atoms with E-state index < -0.39 is 11.9 Å². The lowest BCUT2D eigenvalue weighted by Crippen LogP contribution is -2.37. The first-order chi connectivity index (χ1) is 14.0. The third-order valence-electron chi connectivity index (χ3n) is 4.04. The molecule has 30 heavy (non-hydrogen) atoms. The smallest absolute Gasteiger partial charge is 0.356 e. The molecule has 2 N–H and O–H groups in total. The highest BCUT2D eigenvalue weighted by molar-refractivity contribution is 14.0. The van der Waals surface area contributed by atoms with Crippen LogP contribution in [0.4, 0.5) is 13.2 Å². The third kappa shape index (κ3) is 6.94. The predicted molar refractivity (Wildman–Crippen MR) is 124 cm³/mol. The average molecular weight is 547 g/mol. The number of aliphatic imine (C=N–C) groups is 1. The van der Waals surface area contributed by atoms with Gasteiger partial charge in [-0.3, -0.25) is 9.98 Å². The maximum absolute atomic E-state index is 12.6. The number of alkyl halides is 3. The minimum absolute atomic E-state index is 0. The second-order valence-corrected chi connectivity index (χ2v) is 7.08. The molecular formula is C20H21F3IN5S. The summed E-state index contributed by atoms with van der Waals surface area (Å²) in [6, 6.07) is 13.8. The van der Waals surface area contributed by atoms with Crippen molar-refractivity contribution in [3.63, 3.8) is 0 Å². The van der Waals surface area contributed by atoms with E-state index >= 15 is 0 Å². The summed E-state index contributed by atoms with van der Waals surface area (Å²) in [7, 11) is 1.64. The molecule has 0 radical (unpaired) electrons. The molecule has 0 aliphatic heterocycles. The molecular weight excluding hydrogens is 526 g/mol. The summed E-state index contributed by atoms with van der Waals surface area (Å²) in [6.45, 7) is 0.980. The summed E-state index contributed by atoms with van der Waals surface area (Å²) in [5, 5.41) is 7.77. The zero-order valence-electron chi connectivity index (χ0n) is 16.1. The standard InChI is InChI=1S/C20H20F3N5S.HI/c1-24-19(26-10-8-18-28-17(13-29-18)20(21,22)23)27-12-14-5-4-6-15(11-14)16-7-2-3-9-25-16;/h2-7,9,11,13H,8,10,12H2,1H3,(H2,24,26,27);1H. The lowest BCUT2D eigenvalue weighted by atomic mass is 10.1. The Bertz CT molecular complexity index is 960. The first-order valence-electron chi connectivity index (χ1n) is 8.92. The van der Waals surface area contributed by atoms with Gasteiger partial charge in [0.25, 0.3) is 0 Å². The number of pyridine rings is 1. The fraction of sp³-hybridized carbons (Fsp3) is 0.250. The van der Waals surface area contributed by atoms with Crippen molar-refractivity contribution in [2.45, 2.75) is 19.1 Å². The summed E-state index contributed by atoms with van der Waals surface area (Å²) >= 11 is 1.01. The highest BCUT2D eigenvalue weighted by Gasteiger charge is 2.33. The van der Waals surface area contributed by atoms with Crippen molar-refractivity contribution < 1.29 is 13.2 Å². The lowest BCUT2D eigenvalue weighted by molar-refractivity contribution is -0.140. The Balaban J connectivity index is 0.00000320. The van der Waals surface area contributed by atoms with E-state index in [1.54, 1.807) is 13.2 Å². The Morgan fingerprint density at radius 2 is 1.97 bits per heavy atom. The van der Waals surface area contributed by atoms with Crippen molar-refractivity contribution >= 4 is 41.3 Å². The molecule has 0 amide bonds. The number of rotatable bonds is 6. The Hall–Kier alpha value is -2.21. The molecule has 2 aromatic heterocycles. The zero-order valence-corrected chi connectivity index (χ0v) is 19.3. The molecule has 10 heteroatoms. The van der Waals surface area contributed by atoms with E-state index in [0.29, 0.717) is 30.5 Å². The quantitative estimate of drug-likeness (QED) is 0.266. The van der Waals surface area contributed by atoms with Crippen LogP contribution >= 0.6 is 35.3 Å². The fourth-order valence-corrected chi connectivity index (χ4v) is 3.43. The number of thiazole rings is 1. The van der Waals surface area contributed by atoms with Crippen LogP contribution in [-0.2, 0) is 19.1 Å². The Kier molecular flexibility index (Phi) is 9.03. The number of hydrogen-bond acceptors (Lipinski definition) is 4. The molecule has 2 heterocycles. The van der Waals surface area contributed by atoms with Crippen LogP contribution in [0.3, 0.4) is 0 Å². The Morgan fingerprint density at radius 3 is 2.63 bits per heavy atom. The van der Waals surface area contributed by atoms with Gasteiger partial charge in [0, 0.05) is 43.7 Å². The van der Waals surface area contributed by atoms with Gasteiger partial charge in [0.2, 0.25) is 0 Å². The van der Waals surface area contributed by atoms with Crippen LogP contribution in [0.1, 0.15) is 16.3 Å². The highest BCUT2D eigenvalue weighted by Crippen LogP contribution is 2.30. The number of halogens is 4. The molecule has 160 valence electrons. The van der Waals surface area contributed by atoms with Crippen molar-refractivity contribution in [2.24, 2.45) is 4.99 Å². The molecule has 3 aromatic rings. The molecule has 0 aliphatic carbocycles. The van der Waals surface area contributed by atoms with E-state index in [1.165, 1.54) is 0 Å². The molecule has 0 bridgehead atoms. The van der Waals surface area contributed by atoms with Gasteiger partial charge in [-0.05, 0) is 23.8 Å². The van der Waals surface area contributed by atoms with Crippen LogP contribution in [0.25, 0.3) is 11.3 Å². The zero-order chi connectivity index (χ0) is 20.7. The molecule has 0 fully saturated rings. The van der Waals surface area contributed by atoms with E-state index in [1.807, 2.05) is 36.4 Å². The van der Waals surface area contributed by atoms with Crippen molar-refractivity contribution in [1.29, 1.82) is 0 Å². The molecule has 0 aliphatic rings. The summed E-state index contributed by atoms with van der Waals surface area (Å²) in [4.78, 5) is 12.1. The van der Waals surface area contributed by atoms with Crippen LogP contribution in [-0.4, -0.2) is 29.5 Å². The van der Waals surface area contributed by atoms with E-state index in [2.05, 4.69) is 31.7 Å². The lowest BCUT2D eigenvalue weighted by Gasteiger charge is -2.12. The summed E-state index contributed by atoms with van der Waals surface area (Å²) in [5.74, 6) is 0.570. The molecule has 0 atom stereocenters. The van der Waals surface area contributed by atoms with E-state index in [9.17, 15) is 13.2 Å². The molecule has 0 spiro atoms. The van der Waals surface area contributed by atoms with Crippen molar-refractivity contribution in [2.75, 3.05) is 13.6 Å². The molecule has 3 rings (SSSR count). The van der Waals surface area contributed by atoms with Crippen LogP contribution in [0.15, 0.2) is 59.0 Å². The van der Waals surface area contributed by atoms with Crippen LogP contribution in [0, 0.1) is 0 Å². The maximum atomic E-state index is 12.6. The first-order valence-corrected chi connectivity index (χ1v) is 9.80. The van der Waals surface area contributed by atoms with E-state index in [4.69, 9.17) is 0 Å². The fourth-order valence-electron chi connectivity index (χ4n) is 2.62. The van der Waals surface area contributed by atoms with E-state index in [0.717, 1.165) is 33.5 Å². The van der Waals surface area contributed by atoms with Gasteiger partial charge in [-0.2, -0.15) is 13.2 Å². The first kappa shape index (κ1) is 24.1. The van der Waals surface area contributed by atoms with Gasteiger partial charge in [-0.15, -0.1) is 35.3 Å². The largest absolute Gasteiger partial charge is 0.434 e. The molecule has 5 nitrogen and oxygen atoms in total. The maximum Gasteiger partial charge on any atom is 0.434 e. The number of benzene rings is 1. The molecule has 1 aromatic carbocycles. The average Bonchev–Trinajstić information content (AvgIpc) is 3.21. The van der Waals surface area contributed by atoms with Crippen molar-refractivity contribution in [3.8, 4) is 11.3 Å². The van der Waals surface area contributed by atoms with Crippen molar-refractivity contribution in [1.82, 2.24) is 20.6 Å². The number of guanidine groups is 1. The number of hydrogen-bond donors (Lipinski definition) is 2. The third-order valence-corrected chi connectivity index (χ3v) is 4.95. The number of nitrogens with one attached hydrogen (secondary N) is 2. The van der Waals surface area contributed by atoms with Crippen molar-refractivity contribution in [3.05, 3.63) is 70.3 Å². The van der Waals surface area contributed by atoms with Gasteiger partial charge in [0.05, 0.1) is 10.7 Å². The number of aromatic nitrogens is 2. The highest BCUT2D eigenvalue weighted by atomic mass is 127. The van der Waals surface area contributed by atoms with Crippen LogP contribution in [0.5, 0.6) is 0 Å². The predicted octanol–water partition coefficient (Wildman–Crippen LogP) is 4.75. The summed E-state index contributed by atoms with van der Waals surface area (Å²) in [6.07, 6.45) is -2.26. The molecule has 0 saturated heterocycles. The molecule has 0 saturated carbocycles. The normalized spacial score (nSPS) is 11.7. The summed E-state index contributed by atoms with van der Waals surface area (Å²) < 4.78 is 37.8. The Morgan fingerprint density at radius 1 is 1.13 bits per heavy atom. The Labute approximate surface area is 193 Å². The number of nitrogens with zero attached hydrogens (tertiary/aromatic N) is 3. The molecule has 0 unspecified atom stereocenters. The van der Waals surface area contributed by atoms with Gasteiger partial charge in [-0.1, -0.05) is 24.3 Å². The topological polar surface area (TPSA) is 62.2 Å². The van der Waals surface area contributed by atoms with Crippen LogP contribution in [0.2, 0.25) is 0 Å².